The van der Waals surface area contributed by atoms with Crippen molar-refractivity contribution in [3.63, 3.8) is 0 Å². The molecule has 0 saturated carbocycles. The van der Waals surface area contributed by atoms with Gasteiger partial charge in [0, 0.05) is 27.8 Å². The second kappa shape index (κ2) is 6.78. The Morgan fingerprint density at radius 1 is 1.03 bits per heavy atom. The first-order chi connectivity index (χ1) is 14.2. The first-order valence-corrected chi connectivity index (χ1v) is 10.4. The number of halogens is 7. The quantitative estimate of drug-likeness (QED) is 0.485. The van der Waals surface area contributed by atoms with Crippen molar-refractivity contribution in [2.24, 2.45) is 5.92 Å². The third-order valence-corrected chi connectivity index (χ3v) is 7.58. The minimum absolute atomic E-state index is 0.235. The maximum atomic E-state index is 14.2. The number of nitrogens with one attached hydrogen (secondary N) is 1. The van der Waals surface area contributed by atoms with Gasteiger partial charge in [-0.15, -0.1) is 11.8 Å². The predicted molar refractivity (Wildman–Crippen MR) is 102 cm³/mol. The van der Waals surface area contributed by atoms with Gasteiger partial charge in [0.25, 0.3) is 5.60 Å². The molecule has 0 fully saturated rings. The van der Waals surface area contributed by atoms with Crippen molar-refractivity contribution in [3.8, 4) is 0 Å². The summed E-state index contributed by atoms with van der Waals surface area (Å²) in [5, 5.41) is 13.0. The van der Waals surface area contributed by atoms with E-state index in [4.69, 9.17) is 0 Å². The van der Waals surface area contributed by atoms with Crippen LogP contribution in [-0.4, -0.2) is 23.2 Å². The molecule has 2 aliphatic heterocycles. The van der Waals surface area contributed by atoms with Gasteiger partial charge in [-0.05, 0) is 34.7 Å². The zero-order valence-electron chi connectivity index (χ0n) is 16.3. The Labute approximate surface area is 177 Å². The summed E-state index contributed by atoms with van der Waals surface area (Å²) >= 11 is 1.27. The SMILES string of the molecule is CC1(C)c2cc(C(O)(C(F)(F)F)C(F)(F)F)ccc2NC2c3cccc(F)c3SCC21. The Kier molecular flexibility index (Phi) is 4.87. The molecule has 0 radical (unpaired) electrons. The van der Waals surface area contributed by atoms with Crippen LogP contribution in [0, 0.1) is 11.7 Å². The Morgan fingerprint density at radius 2 is 1.68 bits per heavy atom. The minimum Gasteiger partial charge on any atom is -0.378 e. The van der Waals surface area contributed by atoms with Crippen molar-refractivity contribution in [1.82, 2.24) is 0 Å². The van der Waals surface area contributed by atoms with Crippen LogP contribution in [-0.2, 0) is 11.0 Å². The van der Waals surface area contributed by atoms with Crippen molar-refractivity contribution < 1.29 is 35.8 Å². The van der Waals surface area contributed by atoms with Crippen molar-refractivity contribution in [1.29, 1.82) is 0 Å². The molecule has 2 aliphatic rings. The fourth-order valence-corrected chi connectivity index (χ4v) is 6.02. The molecule has 0 bridgehead atoms. The second-order valence-corrected chi connectivity index (χ2v) is 9.42. The largest absolute Gasteiger partial charge is 0.430 e. The van der Waals surface area contributed by atoms with E-state index in [1.54, 1.807) is 26.0 Å². The first-order valence-electron chi connectivity index (χ1n) is 9.38. The molecule has 168 valence electrons. The standard InChI is InChI=1S/C21H18F7NOS/c1-18(2)12-8-10(19(30,20(23,24)25)21(26,27)28)6-7-15(12)29-16-11-4-3-5-14(22)17(11)31-9-13(16)18/h3-8,13,16,29-30H,9H2,1-2H3. The third-order valence-electron chi connectivity index (χ3n) is 6.33. The van der Waals surface area contributed by atoms with E-state index < -0.39 is 28.9 Å². The Bertz CT molecular complexity index is 1020. The van der Waals surface area contributed by atoms with E-state index in [1.165, 1.54) is 17.8 Å². The summed E-state index contributed by atoms with van der Waals surface area (Å²) in [6, 6.07) is 6.85. The smallest absolute Gasteiger partial charge is 0.378 e. The Balaban J connectivity index is 1.86. The number of rotatable bonds is 1. The highest BCUT2D eigenvalue weighted by Gasteiger charge is 2.71. The molecule has 31 heavy (non-hydrogen) atoms. The lowest BCUT2D eigenvalue weighted by atomic mass is 9.65. The number of alkyl halides is 6. The molecule has 2 N–H and O–H groups in total. The van der Waals surface area contributed by atoms with Crippen LogP contribution < -0.4 is 5.32 Å². The van der Waals surface area contributed by atoms with Gasteiger partial charge in [0.15, 0.2) is 0 Å². The van der Waals surface area contributed by atoms with Crippen LogP contribution in [0.3, 0.4) is 0 Å². The van der Waals surface area contributed by atoms with Crippen LogP contribution in [0.2, 0.25) is 0 Å². The van der Waals surface area contributed by atoms with E-state index in [-0.39, 0.29) is 23.3 Å². The molecule has 0 aliphatic carbocycles. The van der Waals surface area contributed by atoms with E-state index >= 15 is 0 Å². The number of benzene rings is 2. The third kappa shape index (κ3) is 3.13. The van der Waals surface area contributed by atoms with E-state index in [0.29, 0.717) is 28.0 Å². The highest BCUT2D eigenvalue weighted by atomic mass is 32.2. The van der Waals surface area contributed by atoms with Crippen LogP contribution in [0.1, 0.15) is 36.6 Å². The van der Waals surface area contributed by atoms with Gasteiger partial charge in [-0.3, -0.25) is 0 Å². The van der Waals surface area contributed by atoms with Gasteiger partial charge in [-0.25, -0.2) is 4.39 Å². The monoisotopic (exact) mass is 465 g/mol. The Hall–Kier alpha value is -1.94. The molecule has 0 amide bonds. The number of fused-ring (bicyclic) bond motifs is 4. The van der Waals surface area contributed by atoms with Crippen LogP contribution in [0.4, 0.5) is 36.4 Å². The number of anilines is 1. The topological polar surface area (TPSA) is 32.3 Å². The van der Waals surface area contributed by atoms with Crippen LogP contribution >= 0.6 is 11.8 Å². The van der Waals surface area contributed by atoms with Gasteiger partial charge in [-0.1, -0.05) is 32.0 Å². The molecule has 2 unspecified atom stereocenters. The maximum absolute atomic E-state index is 14.2. The molecule has 2 aromatic carbocycles. The molecule has 2 atom stereocenters. The highest BCUT2D eigenvalue weighted by molar-refractivity contribution is 7.99. The van der Waals surface area contributed by atoms with Crippen molar-refractivity contribution >= 4 is 17.4 Å². The predicted octanol–water partition coefficient (Wildman–Crippen LogP) is 6.30. The van der Waals surface area contributed by atoms with E-state index in [1.807, 2.05) is 0 Å². The molecule has 2 nitrogen and oxygen atoms in total. The van der Waals surface area contributed by atoms with E-state index in [9.17, 15) is 35.8 Å². The van der Waals surface area contributed by atoms with Gasteiger partial charge >= 0.3 is 12.4 Å². The summed E-state index contributed by atoms with van der Waals surface area (Å²) in [7, 11) is 0. The zero-order chi connectivity index (χ0) is 23.0. The maximum Gasteiger partial charge on any atom is 0.430 e. The van der Waals surface area contributed by atoms with Crippen LogP contribution in [0.15, 0.2) is 41.3 Å². The number of thioether (sulfide) groups is 1. The fourth-order valence-electron chi connectivity index (χ4n) is 4.50. The summed E-state index contributed by atoms with van der Waals surface area (Å²) < 4.78 is 94.4. The molecule has 10 heteroatoms. The molecule has 2 heterocycles. The highest BCUT2D eigenvalue weighted by Crippen LogP contribution is 2.56. The second-order valence-electron chi connectivity index (χ2n) is 8.39. The molecule has 0 aromatic heterocycles. The number of aliphatic hydroxyl groups is 1. The molecule has 0 spiro atoms. The molecular formula is C21H18F7NOS. The summed E-state index contributed by atoms with van der Waals surface area (Å²) in [5.41, 5.74) is -5.84. The van der Waals surface area contributed by atoms with Crippen LogP contribution in [0.25, 0.3) is 0 Å². The molecule has 2 aromatic rings. The number of hydrogen-bond acceptors (Lipinski definition) is 3. The van der Waals surface area contributed by atoms with Gasteiger partial charge < -0.3 is 10.4 Å². The normalized spacial score (nSPS) is 22.8. The Morgan fingerprint density at radius 3 is 2.29 bits per heavy atom. The van der Waals surface area contributed by atoms with E-state index in [0.717, 1.165) is 12.1 Å². The van der Waals surface area contributed by atoms with Gasteiger partial charge in [0.2, 0.25) is 0 Å². The zero-order valence-corrected chi connectivity index (χ0v) is 17.1. The average Bonchev–Trinajstić information content (AvgIpc) is 2.65. The molecule has 4 rings (SSSR count). The lowest BCUT2D eigenvalue weighted by molar-refractivity contribution is -0.376. The van der Waals surface area contributed by atoms with Crippen molar-refractivity contribution in [2.45, 2.75) is 48.2 Å². The molecule has 0 saturated heterocycles. The summed E-state index contributed by atoms with van der Waals surface area (Å²) in [6.45, 7) is 3.47. The van der Waals surface area contributed by atoms with Gasteiger partial charge in [0.1, 0.15) is 5.82 Å². The summed E-state index contributed by atoms with van der Waals surface area (Å²) in [5.74, 6) is -0.188. The summed E-state index contributed by atoms with van der Waals surface area (Å²) in [4.78, 5) is 0.482. The first kappa shape index (κ1) is 22.3. The lowest BCUT2D eigenvalue weighted by Gasteiger charge is -2.49. The van der Waals surface area contributed by atoms with Gasteiger partial charge in [0.05, 0.1) is 6.04 Å². The molecular weight excluding hydrogens is 447 g/mol. The lowest BCUT2D eigenvalue weighted by Crippen LogP contribution is -2.54. The number of hydrogen-bond donors (Lipinski definition) is 2. The van der Waals surface area contributed by atoms with Crippen molar-refractivity contribution in [2.75, 3.05) is 11.1 Å². The van der Waals surface area contributed by atoms with Crippen molar-refractivity contribution in [3.05, 3.63) is 58.9 Å². The minimum atomic E-state index is -5.95. The average molecular weight is 465 g/mol. The van der Waals surface area contributed by atoms with Crippen LogP contribution in [0.5, 0.6) is 0 Å². The summed E-state index contributed by atoms with van der Waals surface area (Å²) in [6.07, 6.45) is -11.9. The van der Waals surface area contributed by atoms with Gasteiger partial charge in [-0.2, -0.15) is 26.3 Å². The van der Waals surface area contributed by atoms with E-state index in [2.05, 4.69) is 5.32 Å². The fraction of sp³-hybridized carbons (Fsp3) is 0.429.